The predicted octanol–water partition coefficient (Wildman–Crippen LogP) is 6.52. The van der Waals surface area contributed by atoms with E-state index in [-0.39, 0.29) is 17.9 Å². The van der Waals surface area contributed by atoms with Gasteiger partial charge in [-0.1, -0.05) is 49.6 Å². The van der Waals surface area contributed by atoms with Gasteiger partial charge in [-0.3, -0.25) is 4.79 Å². The Morgan fingerprint density at radius 2 is 1.60 bits per heavy atom. The van der Waals surface area contributed by atoms with Crippen LogP contribution in [0.4, 0.5) is 10.1 Å². The molecule has 4 aliphatic heterocycles. The third-order valence-corrected chi connectivity index (χ3v) is 10.9. The molecular weight excluding hydrogens is 541 g/mol. The van der Waals surface area contributed by atoms with Crippen LogP contribution in [0.2, 0.25) is 0 Å². The molecule has 2 saturated heterocycles. The normalized spacial score (nSPS) is 25.4. The largest absolute Gasteiger partial charge is 0.465 e. The summed E-state index contributed by atoms with van der Waals surface area (Å²) in [5.74, 6) is 0.665. The van der Waals surface area contributed by atoms with Gasteiger partial charge < -0.3 is 19.4 Å². The molecule has 0 N–H and O–H groups in total. The number of anilines is 1. The summed E-state index contributed by atoms with van der Waals surface area (Å²) < 4.78 is 18.8. The van der Waals surface area contributed by atoms with Gasteiger partial charge in [0, 0.05) is 55.9 Å². The molecule has 4 heterocycles. The molecule has 5 aliphatic rings. The maximum Gasteiger partial charge on any atom is 0.337 e. The van der Waals surface area contributed by atoms with Crippen molar-refractivity contribution in [3.05, 3.63) is 70.3 Å². The highest BCUT2D eigenvalue weighted by atomic mass is 19.1. The van der Waals surface area contributed by atoms with Gasteiger partial charge in [0.05, 0.1) is 18.7 Å². The molecule has 0 spiro atoms. The van der Waals surface area contributed by atoms with E-state index in [1.807, 2.05) is 17.0 Å². The lowest BCUT2D eigenvalue weighted by molar-refractivity contribution is -0.128. The van der Waals surface area contributed by atoms with Gasteiger partial charge in [-0.05, 0) is 79.3 Å². The van der Waals surface area contributed by atoms with Crippen molar-refractivity contribution in [2.45, 2.75) is 82.0 Å². The topological polar surface area (TPSA) is 53.1 Å². The molecule has 2 aromatic carbocycles. The number of amides is 1. The monoisotopic (exact) mass is 585 g/mol. The van der Waals surface area contributed by atoms with Crippen LogP contribution in [0.3, 0.4) is 0 Å². The smallest absolute Gasteiger partial charge is 0.337 e. The lowest BCUT2D eigenvalue weighted by Gasteiger charge is -2.41. The Kier molecular flexibility index (Phi) is 8.02. The number of carbonyl (C=O) groups excluding carboxylic acids is 2. The van der Waals surface area contributed by atoms with Crippen molar-refractivity contribution in [3.63, 3.8) is 0 Å². The van der Waals surface area contributed by atoms with Crippen LogP contribution in [0.25, 0.3) is 6.08 Å². The first-order valence-corrected chi connectivity index (χ1v) is 16.5. The van der Waals surface area contributed by atoms with Gasteiger partial charge in [0.25, 0.3) is 5.91 Å². The van der Waals surface area contributed by atoms with E-state index in [0.717, 1.165) is 55.8 Å². The number of benzene rings is 2. The Hall–Kier alpha value is -3.19. The number of halogens is 1. The SMILES string of the molecule is COC(=O)c1ccc2c(c1)N1CC(C(=O)N3CCC(N4CCC(F)CC4)CC3)=Cc3ccccc3C1C2C1CCCCC1. The van der Waals surface area contributed by atoms with E-state index in [1.165, 1.54) is 50.3 Å². The van der Waals surface area contributed by atoms with E-state index in [0.29, 0.717) is 42.8 Å². The lowest BCUT2D eigenvalue weighted by Crippen LogP contribution is -2.49. The number of rotatable bonds is 4. The first-order valence-electron chi connectivity index (χ1n) is 16.5. The van der Waals surface area contributed by atoms with E-state index in [9.17, 15) is 14.0 Å². The number of piperidine rings is 2. The lowest BCUT2D eigenvalue weighted by atomic mass is 9.73. The second-order valence-electron chi connectivity index (χ2n) is 13.3. The summed E-state index contributed by atoms with van der Waals surface area (Å²) in [5.41, 5.74) is 6.12. The molecule has 2 aromatic rings. The number of hydrogen-bond donors (Lipinski definition) is 0. The quantitative estimate of drug-likeness (QED) is 0.383. The number of nitrogens with zero attached hydrogens (tertiary/aromatic N) is 3. The van der Waals surface area contributed by atoms with E-state index in [2.05, 4.69) is 46.2 Å². The average Bonchev–Trinajstić information content (AvgIpc) is 3.27. The zero-order chi connectivity index (χ0) is 29.5. The molecule has 43 heavy (non-hydrogen) atoms. The van der Waals surface area contributed by atoms with Crippen molar-refractivity contribution in [1.82, 2.24) is 9.80 Å². The van der Waals surface area contributed by atoms with Crippen LogP contribution in [-0.2, 0) is 9.53 Å². The van der Waals surface area contributed by atoms with E-state index >= 15 is 0 Å². The fraction of sp³-hybridized carbons (Fsp3) is 0.556. The first kappa shape index (κ1) is 28.6. The standard InChI is InChI=1S/C36H44FN3O3/c1-43-36(42)26-11-12-31-32(22-26)40-23-27(35(41)39-19-15-29(16-20-39)38-17-13-28(37)14-18-38)21-25-9-5-6-10-30(25)34(40)33(31)24-7-3-2-4-8-24/h5-6,9-12,21-22,24,28-29,33-34H,2-4,7-8,13-20,23H2,1H3. The van der Waals surface area contributed by atoms with Crippen LogP contribution < -0.4 is 4.90 Å². The van der Waals surface area contributed by atoms with Gasteiger partial charge in [-0.15, -0.1) is 0 Å². The van der Waals surface area contributed by atoms with Crippen molar-refractivity contribution in [2.75, 3.05) is 44.7 Å². The average molecular weight is 586 g/mol. The minimum Gasteiger partial charge on any atom is -0.465 e. The van der Waals surface area contributed by atoms with Crippen molar-refractivity contribution in [2.24, 2.45) is 5.92 Å². The maximum absolute atomic E-state index is 14.2. The Bertz CT molecular complexity index is 1390. The van der Waals surface area contributed by atoms with Gasteiger partial charge in [-0.25, -0.2) is 9.18 Å². The Labute approximate surface area is 254 Å². The molecule has 6 nitrogen and oxygen atoms in total. The molecule has 0 radical (unpaired) electrons. The van der Waals surface area contributed by atoms with Crippen molar-refractivity contribution in [1.29, 1.82) is 0 Å². The third-order valence-electron chi connectivity index (χ3n) is 10.9. The molecule has 0 bridgehead atoms. The van der Waals surface area contributed by atoms with Gasteiger partial charge in [0.2, 0.25) is 0 Å². The Morgan fingerprint density at radius 1 is 0.860 bits per heavy atom. The van der Waals surface area contributed by atoms with Crippen LogP contribution in [-0.4, -0.2) is 73.7 Å². The summed E-state index contributed by atoms with van der Waals surface area (Å²) in [7, 11) is 1.43. The summed E-state index contributed by atoms with van der Waals surface area (Å²) >= 11 is 0. The Balaban J connectivity index is 1.20. The zero-order valence-electron chi connectivity index (χ0n) is 25.3. The number of methoxy groups -OCH3 is 1. The highest BCUT2D eigenvalue weighted by Crippen LogP contribution is 2.56. The Morgan fingerprint density at radius 3 is 2.35 bits per heavy atom. The zero-order valence-corrected chi connectivity index (χ0v) is 25.3. The number of hydrogen-bond acceptors (Lipinski definition) is 5. The molecule has 7 rings (SSSR count). The number of ether oxygens (including phenoxy) is 1. The molecule has 2 atom stereocenters. The second kappa shape index (κ2) is 12.1. The summed E-state index contributed by atoms with van der Waals surface area (Å²) in [6.45, 7) is 3.63. The predicted molar refractivity (Wildman–Crippen MR) is 167 cm³/mol. The molecular formula is C36H44FN3O3. The van der Waals surface area contributed by atoms with E-state index in [4.69, 9.17) is 4.74 Å². The number of alkyl halides is 1. The number of carbonyl (C=O) groups is 2. The molecule has 2 unspecified atom stereocenters. The van der Waals surface area contributed by atoms with Gasteiger partial charge in [-0.2, -0.15) is 0 Å². The van der Waals surface area contributed by atoms with E-state index < -0.39 is 6.17 Å². The molecule has 1 aliphatic carbocycles. The first-order chi connectivity index (χ1) is 21.0. The molecule has 228 valence electrons. The van der Waals surface area contributed by atoms with Gasteiger partial charge >= 0.3 is 5.97 Å². The molecule has 1 saturated carbocycles. The molecule has 7 heteroatoms. The molecule has 3 fully saturated rings. The maximum atomic E-state index is 14.2. The summed E-state index contributed by atoms with van der Waals surface area (Å²) in [4.78, 5) is 33.8. The van der Waals surface area contributed by atoms with E-state index in [1.54, 1.807) is 0 Å². The summed E-state index contributed by atoms with van der Waals surface area (Å²) in [5, 5.41) is 0. The highest BCUT2D eigenvalue weighted by Gasteiger charge is 2.46. The van der Waals surface area contributed by atoms with Crippen LogP contribution in [0.5, 0.6) is 0 Å². The van der Waals surface area contributed by atoms with Crippen molar-refractivity contribution < 1.29 is 18.7 Å². The minimum atomic E-state index is -0.663. The van der Waals surface area contributed by atoms with Crippen LogP contribution >= 0.6 is 0 Å². The van der Waals surface area contributed by atoms with Crippen molar-refractivity contribution >= 4 is 23.6 Å². The second-order valence-corrected chi connectivity index (χ2v) is 13.3. The fourth-order valence-electron chi connectivity index (χ4n) is 8.71. The van der Waals surface area contributed by atoms with Crippen molar-refractivity contribution in [3.8, 4) is 0 Å². The molecule has 0 aromatic heterocycles. The molecule has 1 amide bonds. The summed E-state index contributed by atoms with van der Waals surface area (Å²) in [6.07, 6.45) is 10.9. The summed E-state index contributed by atoms with van der Waals surface area (Å²) in [6, 6.07) is 15.2. The minimum absolute atomic E-state index is 0.114. The van der Waals surface area contributed by atoms with Gasteiger partial charge in [0.1, 0.15) is 6.17 Å². The van der Waals surface area contributed by atoms with Gasteiger partial charge in [0.15, 0.2) is 0 Å². The third kappa shape index (κ3) is 5.39. The fourth-order valence-corrected chi connectivity index (χ4v) is 8.71. The van der Waals surface area contributed by atoms with Crippen LogP contribution in [0, 0.1) is 5.92 Å². The number of esters is 1. The number of fused-ring (bicyclic) bond motifs is 5. The highest BCUT2D eigenvalue weighted by molar-refractivity contribution is 6.00. The number of likely N-dealkylation sites (tertiary alicyclic amines) is 2. The van der Waals surface area contributed by atoms with Crippen LogP contribution in [0.1, 0.15) is 96.8 Å². The van der Waals surface area contributed by atoms with Crippen LogP contribution in [0.15, 0.2) is 48.0 Å².